The minimum Gasteiger partial charge on any atom is -0.492 e. The van der Waals surface area contributed by atoms with Gasteiger partial charge in [0.25, 0.3) is 10.0 Å². The summed E-state index contributed by atoms with van der Waals surface area (Å²) in [4.78, 5) is 29.8. The lowest BCUT2D eigenvalue weighted by Crippen LogP contribution is -2.54. The summed E-state index contributed by atoms with van der Waals surface area (Å²) in [6.45, 7) is 5.03. The zero-order valence-electron chi connectivity index (χ0n) is 25.9. The topological polar surface area (TPSA) is 96.0 Å². The van der Waals surface area contributed by atoms with Gasteiger partial charge in [0.1, 0.15) is 18.3 Å². The Kier molecular flexibility index (Phi) is 12.1. The van der Waals surface area contributed by atoms with E-state index in [2.05, 4.69) is 5.32 Å². The van der Waals surface area contributed by atoms with Gasteiger partial charge in [0.05, 0.1) is 17.2 Å². The molecule has 4 rings (SSSR count). The molecule has 0 heterocycles. The highest BCUT2D eigenvalue weighted by Gasteiger charge is 2.36. The van der Waals surface area contributed by atoms with E-state index in [-0.39, 0.29) is 42.1 Å². The number of para-hydroxylation sites is 2. The van der Waals surface area contributed by atoms with Crippen LogP contribution in [0.5, 0.6) is 5.75 Å². The molecular formula is C35H37Cl2N3O5S. The fourth-order valence-electron chi connectivity index (χ4n) is 4.94. The van der Waals surface area contributed by atoms with Gasteiger partial charge in [0.15, 0.2) is 0 Å². The van der Waals surface area contributed by atoms with Crippen LogP contribution in [0.3, 0.4) is 0 Å². The molecule has 46 heavy (non-hydrogen) atoms. The van der Waals surface area contributed by atoms with Crippen LogP contribution in [0.2, 0.25) is 10.0 Å². The fourth-order valence-corrected chi connectivity index (χ4v) is 6.86. The first-order chi connectivity index (χ1) is 22.0. The Morgan fingerprint density at radius 2 is 1.50 bits per heavy atom. The molecule has 242 valence electrons. The van der Waals surface area contributed by atoms with Crippen molar-refractivity contribution in [1.29, 1.82) is 0 Å². The van der Waals surface area contributed by atoms with E-state index in [1.165, 1.54) is 17.0 Å². The molecule has 0 bridgehead atoms. The molecule has 0 spiro atoms. The van der Waals surface area contributed by atoms with Crippen molar-refractivity contribution in [2.75, 3.05) is 17.5 Å². The Morgan fingerprint density at radius 1 is 0.870 bits per heavy atom. The van der Waals surface area contributed by atoms with Crippen molar-refractivity contribution in [3.63, 3.8) is 0 Å². The van der Waals surface area contributed by atoms with Gasteiger partial charge < -0.3 is 15.0 Å². The molecule has 0 aliphatic rings. The van der Waals surface area contributed by atoms with Gasteiger partial charge in [-0.05, 0) is 68.3 Å². The second-order valence-corrected chi connectivity index (χ2v) is 13.6. The Balaban J connectivity index is 1.85. The molecule has 4 aromatic carbocycles. The number of ether oxygens (including phenoxy) is 1. The first-order valence-corrected chi connectivity index (χ1v) is 17.1. The summed E-state index contributed by atoms with van der Waals surface area (Å²) < 4.78 is 35.3. The van der Waals surface area contributed by atoms with E-state index in [4.69, 9.17) is 27.9 Å². The molecule has 0 aromatic heterocycles. The molecular weight excluding hydrogens is 645 g/mol. The van der Waals surface area contributed by atoms with Gasteiger partial charge in [-0.2, -0.15) is 0 Å². The average Bonchev–Trinajstić information content (AvgIpc) is 3.03. The molecule has 0 unspecified atom stereocenters. The van der Waals surface area contributed by atoms with Crippen LogP contribution >= 0.6 is 23.2 Å². The number of anilines is 1. The number of halogens is 2. The van der Waals surface area contributed by atoms with Gasteiger partial charge in [-0.15, -0.1) is 0 Å². The van der Waals surface area contributed by atoms with Gasteiger partial charge in [-0.1, -0.05) is 89.9 Å². The number of carbonyl (C=O) groups excluding carboxylic acids is 2. The lowest BCUT2D eigenvalue weighted by molar-refractivity contribution is -0.140. The van der Waals surface area contributed by atoms with Crippen LogP contribution in [0, 0.1) is 0 Å². The van der Waals surface area contributed by atoms with E-state index in [9.17, 15) is 18.0 Å². The predicted octanol–water partition coefficient (Wildman–Crippen LogP) is 6.75. The lowest BCUT2D eigenvalue weighted by Gasteiger charge is -2.34. The number of benzene rings is 4. The van der Waals surface area contributed by atoms with Crippen LogP contribution in [-0.2, 0) is 32.6 Å². The minimum atomic E-state index is -4.27. The normalized spacial score (nSPS) is 12.0. The quantitative estimate of drug-likeness (QED) is 0.159. The predicted molar refractivity (Wildman–Crippen MR) is 183 cm³/mol. The zero-order valence-corrected chi connectivity index (χ0v) is 28.2. The largest absolute Gasteiger partial charge is 0.492 e. The maximum Gasteiger partial charge on any atom is 0.264 e. The highest BCUT2D eigenvalue weighted by atomic mass is 35.5. The smallest absolute Gasteiger partial charge is 0.264 e. The minimum absolute atomic E-state index is 0.000200. The molecule has 0 aliphatic heterocycles. The number of nitrogens with zero attached hydrogens (tertiary/aromatic N) is 2. The van der Waals surface area contributed by atoms with Crippen LogP contribution < -0.4 is 14.4 Å². The van der Waals surface area contributed by atoms with Crippen molar-refractivity contribution in [1.82, 2.24) is 10.2 Å². The zero-order chi connectivity index (χ0) is 33.3. The van der Waals surface area contributed by atoms with Crippen LogP contribution in [0.4, 0.5) is 5.69 Å². The summed E-state index contributed by atoms with van der Waals surface area (Å²) in [5.74, 6) is -0.705. The Bertz CT molecular complexity index is 1740. The maximum absolute atomic E-state index is 14.6. The number of rotatable bonds is 14. The molecule has 0 fully saturated rings. The highest BCUT2D eigenvalue weighted by Crippen LogP contribution is 2.33. The molecule has 2 amide bonds. The molecule has 1 N–H and O–H groups in total. The number of hydrogen-bond acceptors (Lipinski definition) is 5. The summed E-state index contributed by atoms with van der Waals surface area (Å²) in [5, 5.41) is 3.66. The number of amides is 2. The van der Waals surface area contributed by atoms with Gasteiger partial charge >= 0.3 is 0 Å². The molecule has 0 saturated heterocycles. The molecule has 0 saturated carbocycles. The summed E-state index contributed by atoms with van der Waals surface area (Å²) in [5.41, 5.74) is 1.56. The molecule has 8 nitrogen and oxygen atoms in total. The summed E-state index contributed by atoms with van der Waals surface area (Å²) >= 11 is 12.7. The van der Waals surface area contributed by atoms with Crippen LogP contribution in [0.15, 0.2) is 108 Å². The Labute approximate surface area is 280 Å². The number of nitrogens with one attached hydrogen (secondary N) is 1. The van der Waals surface area contributed by atoms with E-state index < -0.39 is 28.5 Å². The summed E-state index contributed by atoms with van der Waals surface area (Å²) in [6.07, 6.45) is 0.178. The third-order valence-corrected chi connectivity index (χ3v) is 9.46. The van der Waals surface area contributed by atoms with E-state index in [0.717, 1.165) is 9.87 Å². The molecule has 0 radical (unpaired) electrons. The number of carbonyl (C=O) groups is 2. The number of sulfonamides is 1. The van der Waals surface area contributed by atoms with Crippen LogP contribution in [0.1, 0.15) is 31.9 Å². The van der Waals surface area contributed by atoms with Crippen molar-refractivity contribution in [3.05, 3.63) is 124 Å². The highest BCUT2D eigenvalue weighted by molar-refractivity contribution is 7.92. The van der Waals surface area contributed by atoms with E-state index in [1.54, 1.807) is 67.6 Å². The Morgan fingerprint density at radius 3 is 2.13 bits per heavy atom. The van der Waals surface area contributed by atoms with Crippen LogP contribution in [-0.4, -0.2) is 50.4 Å². The van der Waals surface area contributed by atoms with Crippen molar-refractivity contribution < 1.29 is 22.7 Å². The first kappa shape index (κ1) is 34.8. The van der Waals surface area contributed by atoms with E-state index >= 15 is 0 Å². The van der Waals surface area contributed by atoms with Gasteiger partial charge in [0, 0.05) is 29.1 Å². The Hall–Kier alpha value is -4.05. The molecule has 1 atom stereocenters. The van der Waals surface area contributed by atoms with Gasteiger partial charge in [0.2, 0.25) is 11.8 Å². The maximum atomic E-state index is 14.6. The van der Waals surface area contributed by atoms with Crippen molar-refractivity contribution in [2.45, 2.75) is 50.7 Å². The lowest BCUT2D eigenvalue weighted by atomic mass is 10.0. The van der Waals surface area contributed by atoms with Crippen molar-refractivity contribution in [2.24, 2.45) is 0 Å². The second kappa shape index (κ2) is 16.0. The molecule has 0 aliphatic carbocycles. The first-order valence-electron chi connectivity index (χ1n) is 14.9. The number of hydrogen-bond donors (Lipinski definition) is 1. The molecule has 11 heteroatoms. The van der Waals surface area contributed by atoms with Crippen LogP contribution in [0.25, 0.3) is 0 Å². The second-order valence-electron chi connectivity index (χ2n) is 10.9. The standard InChI is InChI=1S/C35H37Cl2N3O5S/c1-4-45-33-18-12-11-17-31(33)40(46(43,44)29-15-9-6-10-16-29)24-34(41)39(23-27-19-20-28(36)22-30(27)37)32(35(42)38-25(2)3)21-26-13-7-5-8-14-26/h5-20,22,25,32H,4,21,23-24H2,1-3H3,(H,38,42)/t32-/m1/s1. The third-order valence-electron chi connectivity index (χ3n) is 7.10. The third kappa shape index (κ3) is 8.81. The summed E-state index contributed by atoms with van der Waals surface area (Å²) in [6, 6.07) is 27.5. The summed E-state index contributed by atoms with van der Waals surface area (Å²) in [7, 11) is -4.27. The van der Waals surface area contributed by atoms with E-state index in [1.807, 2.05) is 44.2 Å². The molecule has 4 aromatic rings. The SMILES string of the molecule is CCOc1ccccc1N(CC(=O)N(Cc1ccc(Cl)cc1Cl)[C@H](Cc1ccccc1)C(=O)NC(C)C)S(=O)(=O)c1ccccc1. The van der Waals surface area contributed by atoms with E-state index in [0.29, 0.717) is 21.4 Å². The fraction of sp³-hybridized carbons (Fsp3) is 0.257. The van der Waals surface area contributed by atoms with Gasteiger partial charge in [-0.25, -0.2) is 8.42 Å². The van der Waals surface area contributed by atoms with Crippen molar-refractivity contribution in [3.8, 4) is 5.75 Å². The monoisotopic (exact) mass is 681 g/mol. The van der Waals surface area contributed by atoms with Crippen molar-refractivity contribution >= 4 is 50.7 Å². The average molecular weight is 683 g/mol. The van der Waals surface area contributed by atoms with Gasteiger partial charge in [-0.3, -0.25) is 13.9 Å².